The van der Waals surface area contributed by atoms with Crippen molar-refractivity contribution in [1.82, 2.24) is 14.8 Å². The van der Waals surface area contributed by atoms with E-state index in [-0.39, 0.29) is 5.82 Å². The Morgan fingerprint density at radius 3 is 2.94 bits per heavy atom. The number of methoxy groups -OCH3 is 1. The Morgan fingerprint density at radius 1 is 1.47 bits per heavy atom. The van der Waals surface area contributed by atoms with Crippen molar-refractivity contribution in [3.8, 4) is 5.75 Å². The third kappa shape index (κ3) is 2.52. The number of halogens is 1. The van der Waals surface area contributed by atoms with Gasteiger partial charge >= 0.3 is 0 Å². The quantitative estimate of drug-likeness (QED) is 0.875. The number of hydrogen-bond acceptors (Lipinski definition) is 4. The zero-order valence-corrected chi connectivity index (χ0v) is 9.64. The van der Waals surface area contributed by atoms with Gasteiger partial charge in [-0.1, -0.05) is 0 Å². The van der Waals surface area contributed by atoms with Crippen molar-refractivity contribution in [2.24, 2.45) is 7.05 Å². The summed E-state index contributed by atoms with van der Waals surface area (Å²) in [5.41, 5.74) is 0.382. The third-order valence-corrected chi connectivity index (χ3v) is 2.42. The van der Waals surface area contributed by atoms with Gasteiger partial charge in [0.25, 0.3) is 0 Å². The summed E-state index contributed by atoms with van der Waals surface area (Å²) in [5, 5.41) is 10.6. The predicted molar refractivity (Wildman–Crippen MR) is 61.3 cm³/mol. The first-order valence-corrected chi connectivity index (χ1v) is 5.11. The van der Waals surface area contributed by atoms with Crippen LogP contribution in [-0.4, -0.2) is 21.9 Å². The van der Waals surface area contributed by atoms with E-state index in [0.29, 0.717) is 18.0 Å². The van der Waals surface area contributed by atoms with Gasteiger partial charge in [0, 0.05) is 13.1 Å². The Balaban J connectivity index is 2.11. The molecule has 0 fully saturated rings. The normalized spacial score (nSPS) is 10.3. The number of ether oxygens (including phenoxy) is 1. The second-order valence-corrected chi connectivity index (χ2v) is 3.56. The molecule has 6 heteroatoms. The number of benzene rings is 1. The molecule has 0 spiro atoms. The Morgan fingerprint density at radius 2 is 2.29 bits per heavy atom. The van der Waals surface area contributed by atoms with Gasteiger partial charge in [-0.2, -0.15) is 0 Å². The zero-order chi connectivity index (χ0) is 12.3. The van der Waals surface area contributed by atoms with Crippen LogP contribution in [0.5, 0.6) is 5.75 Å². The van der Waals surface area contributed by atoms with Gasteiger partial charge in [0.15, 0.2) is 5.82 Å². The molecule has 1 aromatic carbocycles. The first-order valence-electron chi connectivity index (χ1n) is 5.11. The minimum atomic E-state index is -0.326. The van der Waals surface area contributed by atoms with Gasteiger partial charge in [-0.25, -0.2) is 4.39 Å². The topological polar surface area (TPSA) is 52.0 Å². The van der Waals surface area contributed by atoms with Crippen LogP contribution in [0.15, 0.2) is 24.5 Å². The molecule has 1 heterocycles. The second kappa shape index (κ2) is 4.82. The van der Waals surface area contributed by atoms with Gasteiger partial charge in [-0.15, -0.1) is 10.2 Å². The maximum absolute atomic E-state index is 13.5. The summed E-state index contributed by atoms with van der Waals surface area (Å²) in [6, 6.07) is 4.53. The molecule has 0 aliphatic heterocycles. The van der Waals surface area contributed by atoms with Crippen LogP contribution < -0.4 is 10.1 Å². The Kier molecular flexibility index (Phi) is 3.22. The number of nitrogens with zero attached hydrogens (tertiary/aromatic N) is 3. The van der Waals surface area contributed by atoms with Crippen molar-refractivity contribution in [1.29, 1.82) is 0 Å². The average Bonchev–Trinajstić information content (AvgIpc) is 2.74. The van der Waals surface area contributed by atoms with Gasteiger partial charge in [-0.3, -0.25) is 0 Å². The van der Waals surface area contributed by atoms with E-state index < -0.39 is 0 Å². The number of rotatable bonds is 4. The van der Waals surface area contributed by atoms with Crippen LogP contribution in [0.3, 0.4) is 0 Å². The summed E-state index contributed by atoms with van der Waals surface area (Å²) >= 11 is 0. The number of nitrogens with one attached hydrogen (secondary N) is 1. The number of anilines is 1. The highest BCUT2D eigenvalue weighted by molar-refractivity contribution is 5.49. The highest BCUT2D eigenvalue weighted by Crippen LogP contribution is 2.21. The molecule has 0 aliphatic carbocycles. The lowest BCUT2D eigenvalue weighted by Gasteiger charge is -2.08. The standard InChI is InChI=1S/C11H13FN4O/c1-16-7-14-15-11(16)6-13-10-5-8(17-2)3-4-9(10)12/h3-5,7,13H,6H2,1-2H3. The number of hydrogen-bond donors (Lipinski definition) is 1. The van der Waals surface area contributed by atoms with Gasteiger partial charge < -0.3 is 14.6 Å². The van der Waals surface area contributed by atoms with Gasteiger partial charge in [-0.05, 0) is 12.1 Å². The van der Waals surface area contributed by atoms with E-state index >= 15 is 0 Å². The fraction of sp³-hybridized carbons (Fsp3) is 0.273. The molecule has 1 aromatic heterocycles. The summed E-state index contributed by atoms with van der Waals surface area (Å²) in [7, 11) is 3.37. The molecule has 0 atom stereocenters. The van der Waals surface area contributed by atoms with Crippen molar-refractivity contribution in [3.05, 3.63) is 36.2 Å². The molecule has 0 saturated heterocycles. The number of aromatic nitrogens is 3. The highest BCUT2D eigenvalue weighted by Gasteiger charge is 2.05. The molecular weight excluding hydrogens is 223 g/mol. The van der Waals surface area contributed by atoms with Crippen molar-refractivity contribution in [2.75, 3.05) is 12.4 Å². The molecular formula is C11H13FN4O. The summed E-state index contributed by atoms with van der Waals surface area (Å²) in [6.45, 7) is 0.403. The lowest BCUT2D eigenvalue weighted by atomic mass is 10.3. The van der Waals surface area contributed by atoms with Crippen molar-refractivity contribution in [2.45, 2.75) is 6.54 Å². The molecule has 0 aliphatic rings. The van der Waals surface area contributed by atoms with Crippen LogP contribution >= 0.6 is 0 Å². The van der Waals surface area contributed by atoms with E-state index in [1.165, 1.54) is 6.07 Å². The van der Waals surface area contributed by atoms with Crippen molar-refractivity contribution < 1.29 is 9.13 Å². The van der Waals surface area contributed by atoms with E-state index in [2.05, 4.69) is 15.5 Å². The molecule has 0 unspecified atom stereocenters. The highest BCUT2D eigenvalue weighted by atomic mass is 19.1. The predicted octanol–water partition coefficient (Wildman–Crippen LogP) is 1.57. The van der Waals surface area contributed by atoms with Crippen LogP contribution in [0.1, 0.15) is 5.82 Å². The first-order chi connectivity index (χ1) is 8.20. The third-order valence-electron chi connectivity index (χ3n) is 2.42. The van der Waals surface area contributed by atoms with Crippen molar-refractivity contribution >= 4 is 5.69 Å². The first kappa shape index (κ1) is 11.4. The lowest BCUT2D eigenvalue weighted by Crippen LogP contribution is -2.07. The van der Waals surface area contributed by atoms with E-state index in [4.69, 9.17) is 4.74 Å². The Bertz CT molecular complexity index is 512. The van der Waals surface area contributed by atoms with Gasteiger partial charge in [0.1, 0.15) is 17.9 Å². The molecule has 0 saturated carbocycles. The van der Waals surface area contributed by atoms with Crippen LogP contribution in [0.4, 0.5) is 10.1 Å². The molecule has 0 amide bonds. The molecule has 17 heavy (non-hydrogen) atoms. The number of aryl methyl sites for hydroxylation is 1. The average molecular weight is 236 g/mol. The fourth-order valence-electron chi connectivity index (χ4n) is 1.41. The molecule has 2 rings (SSSR count). The minimum Gasteiger partial charge on any atom is -0.497 e. The Labute approximate surface area is 98.2 Å². The Hall–Kier alpha value is -2.11. The smallest absolute Gasteiger partial charge is 0.151 e. The summed E-state index contributed by atoms with van der Waals surface area (Å²) in [4.78, 5) is 0. The molecule has 0 radical (unpaired) electrons. The second-order valence-electron chi connectivity index (χ2n) is 3.56. The maximum Gasteiger partial charge on any atom is 0.151 e. The minimum absolute atomic E-state index is 0.326. The lowest BCUT2D eigenvalue weighted by molar-refractivity contribution is 0.414. The van der Waals surface area contributed by atoms with E-state index in [9.17, 15) is 4.39 Å². The van der Waals surface area contributed by atoms with Gasteiger partial charge in [0.05, 0.1) is 19.3 Å². The fourth-order valence-corrected chi connectivity index (χ4v) is 1.41. The van der Waals surface area contributed by atoms with E-state index in [1.54, 1.807) is 30.1 Å². The van der Waals surface area contributed by atoms with E-state index in [1.807, 2.05) is 7.05 Å². The van der Waals surface area contributed by atoms with Crippen LogP contribution in [0.25, 0.3) is 0 Å². The van der Waals surface area contributed by atoms with E-state index in [0.717, 1.165) is 5.82 Å². The zero-order valence-electron chi connectivity index (χ0n) is 9.64. The maximum atomic E-state index is 13.5. The van der Waals surface area contributed by atoms with Crippen LogP contribution in [0.2, 0.25) is 0 Å². The molecule has 5 nitrogen and oxygen atoms in total. The monoisotopic (exact) mass is 236 g/mol. The summed E-state index contributed by atoms with van der Waals surface area (Å²) in [5.74, 6) is 1.01. The molecule has 2 aromatic rings. The van der Waals surface area contributed by atoms with Gasteiger partial charge in [0.2, 0.25) is 0 Å². The summed E-state index contributed by atoms with van der Waals surface area (Å²) < 4.78 is 20.3. The van der Waals surface area contributed by atoms with Crippen LogP contribution in [-0.2, 0) is 13.6 Å². The van der Waals surface area contributed by atoms with Crippen LogP contribution in [0, 0.1) is 5.82 Å². The summed E-state index contributed by atoms with van der Waals surface area (Å²) in [6.07, 6.45) is 1.60. The SMILES string of the molecule is COc1ccc(F)c(NCc2nncn2C)c1. The van der Waals surface area contributed by atoms with Crippen molar-refractivity contribution in [3.63, 3.8) is 0 Å². The largest absolute Gasteiger partial charge is 0.497 e. The molecule has 0 bridgehead atoms. The molecule has 1 N–H and O–H groups in total. The molecule has 90 valence electrons.